The summed E-state index contributed by atoms with van der Waals surface area (Å²) in [5, 5.41) is 0. The third-order valence-electron chi connectivity index (χ3n) is 4.66. The predicted molar refractivity (Wildman–Crippen MR) is 104 cm³/mol. The molecule has 0 saturated heterocycles. The van der Waals surface area contributed by atoms with Crippen molar-refractivity contribution in [3.63, 3.8) is 0 Å². The number of anilines is 1. The number of hydrogen-bond acceptors (Lipinski definition) is 6. The maximum absolute atomic E-state index is 13.0. The molecule has 0 unspecified atom stereocenters. The van der Waals surface area contributed by atoms with Crippen LogP contribution < -0.4 is 4.90 Å². The fourth-order valence-corrected chi connectivity index (χ4v) is 3.26. The number of carbonyl (C=O) groups is 2. The molecule has 1 aliphatic heterocycles. The molecule has 0 aliphatic carbocycles. The van der Waals surface area contributed by atoms with Crippen LogP contribution in [0.3, 0.4) is 0 Å². The standard InChI is InChI=1S/C21H21N3O4/c1-20(2,3)28-19(26)24-15-11-16-14(10-13(15)21(4,5)18(24)25)23-17(27-16)12-6-8-22-9-7-12/h6-11H,1-5H3. The molecule has 3 aromatic rings. The number of carbonyl (C=O) groups excluding carboxylic acids is 2. The summed E-state index contributed by atoms with van der Waals surface area (Å²) in [7, 11) is 0. The minimum absolute atomic E-state index is 0.334. The molecule has 1 aliphatic rings. The number of ether oxygens (including phenoxy) is 1. The third kappa shape index (κ3) is 2.83. The van der Waals surface area contributed by atoms with E-state index in [2.05, 4.69) is 9.97 Å². The van der Waals surface area contributed by atoms with Crippen molar-refractivity contribution < 1.29 is 18.7 Å². The fraction of sp³-hybridized carbons (Fsp3) is 0.333. The Bertz CT molecular complexity index is 1090. The summed E-state index contributed by atoms with van der Waals surface area (Å²) in [5.74, 6) is 0.118. The Morgan fingerprint density at radius 1 is 1.18 bits per heavy atom. The summed E-state index contributed by atoms with van der Waals surface area (Å²) >= 11 is 0. The summed E-state index contributed by atoms with van der Waals surface area (Å²) in [4.78, 5) is 35.3. The number of nitrogens with zero attached hydrogens (tertiary/aromatic N) is 3. The van der Waals surface area contributed by atoms with Gasteiger partial charge >= 0.3 is 6.09 Å². The highest BCUT2D eigenvalue weighted by molar-refractivity contribution is 6.21. The van der Waals surface area contributed by atoms with Gasteiger partial charge in [0.05, 0.1) is 11.1 Å². The van der Waals surface area contributed by atoms with Crippen LogP contribution in [0.25, 0.3) is 22.6 Å². The molecular formula is C21H21N3O4. The van der Waals surface area contributed by atoms with E-state index in [9.17, 15) is 9.59 Å². The number of hydrogen-bond donors (Lipinski definition) is 0. The van der Waals surface area contributed by atoms with E-state index in [4.69, 9.17) is 9.15 Å². The zero-order chi connectivity index (χ0) is 20.3. The van der Waals surface area contributed by atoms with Crippen LogP contribution in [0.1, 0.15) is 40.2 Å². The van der Waals surface area contributed by atoms with Gasteiger partial charge in [-0.3, -0.25) is 9.78 Å². The first-order valence-corrected chi connectivity index (χ1v) is 9.01. The van der Waals surface area contributed by atoms with E-state index in [0.29, 0.717) is 28.2 Å². The summed E-state index contributed by atoms with van der Waals surface area (Å²) in [6.07, 6.45) is 2.63. The second-order valence-corrected chi connectivity index (χ2v) is 8.34. The summed E-state index contributed by atoms with van der Waals surface area (Å²) in [6, 6.07) is 7.10. The highest BCUT2D eigenvalue weighted by atomic mass is 16.6. The van der Waals surface area contributed by atoms with Gasteiger partial charge in [0.1, 0.15) is 11.1 Å². The molecule has 7 nitrogen and oxygen atoms in total. The van der Waals surface area contributed by atoms with Crippen molar-refractivity contribution in [3.05, 3.63) is 42.2 Å². The number of aromatic nitrogens is 2. The lowest BCUT2D eigenvalue weighted by atomic mass is 9.86. The van der Waals surface area contributed by atoms with Crippen molar-refractivity contribution in [2.24, 2.45) is 0 Å². The average molecular weight is 379 g/mol. The number of imide groups is 1. The highest BCUT2D eigenvalue weighted by Gasteiger charge is 2.48. The van der Waals surface area contributed by atoms with Crippen molar-refractivity contribution in [2.75, 3.05) is 4.90 Å². The first-order chi connectivity index (χ1) is 13.1. The van der Waals surface area contributed by atoms with E-state index in [1.165, 1.54) is 0 Å². The summed E-state index contributed by atoms with van der Waals surface area (Å²) < 4.78 is 11.3. The first kappa shape index (κ1) is 18.2. The van der Waals surface area contributed by atoms with Crippen LogP contribution in [-0.4, -0.2) is 27.6 Å². The number of benzene rings is 1. The molecule has 0 fully saturated rings. The molecule has 0 atom stereocenters. The van der Waals surface area contributed by atoms with Crippen LogP contribution in [0.2, 0.25) is 0 Å². The van der Waals surface area contributed by atoms with Gasteiger partial charge in [-0.1, -0.05) is 0 Å². The van der Waals surface area contributed by atoms with Crippen LogP contribution in [0, 0.1) is 0 Å². The van der Waals surface area contributed by atoms with Crippen molar-refractivity contribution in [1.82, 2.24) is 9.97 Å². The average Bonchev–Trinajstić information content (AvgIpc) is 3.10. The van der Waals surface area contributed by atoms with Gasteiger partial charge in [0.25, 0.3) is 0 Å². The molecule has 4 rings (SSSR count). The fourth-order valence-electron chi connectivity index (χ4n) is 3.26. The van der Waals surface area contributed by atoms with Gasteiger partial charge < -0.3 is 9.15 Å². The number of rotatable bonds is 1. The van der Waals surface area contributed by atoms with Crippen molar-refractivity contribution in [2.45, 2.75) is 45.6 Å². The van der Waals surface area contributed by atoms with Gasteiger partial charge in [-0.15, -0.1) is 0 Å². The number of amides is 2. The quantitative estimate of drug-likeness (QED) is 0.621. The number of oxazole rings is 1. The van der Waals surface area contributed by atoms with E-state index in [1.54, 1.807) is 71.3 Å². The van der Waals surface area contributed by atoms with Gasteiger partial charge in [0.15, 0.2) is 5.58 Å². The van der Waals surface area contributed by atoms with Crippen LogP contribution in [0.5, 0.6) is 0 Å². The molecule has 0 spiro atoms. The summed E-state index contributed by atoms with van der Waals surface area (Å²) in [6.45, 7) is 8.86. The molecule has 3 heterocycles. The predicted octanol–water partition coefficient (Wildman–Crippen LogP) is 4.45. The van der Waals surface area contributed by atoms with E-state index in [-0.39, 0.29) is 5.91 Å². The minimum Gasteiger partial charge on any atom is -0.443 e. The molecule has 0 radical (unpaired) electrons. The van der Waals surface area contributed by atoms with Gasteiger partial charge in [0.2, 0.25) is 11.8 Å². The maximum atomic E-state index is 13.0. The second kappa shape index (κ2) is 5.89. The molecular weight excluding hydrogens is 358 g/mol. The highest BCUT2D eigenvalue weighted by Crippen LogP contribution is 2.44. The number of pyridine rings is 1. The van der Waals surface area contributed by atoms with E-state index in [1.807, 2.05) is 0 Å². The molecule has 2 amide bonds. The second-order valence-electron chi connectivity index (χ2n) is 8.34. The maximum Gasteiger partial charge on any atom is 0.421 e. The van der Waals surface area contributed by atoms with Gasteiger partial charge in [-0.05, 0) is 58.4 Å². The van der Waals surface area contributed by atoms with Gasteiger partial charge in [-0.25, -0.2) is 14.7 Å². The lowest BCUT2D eigenvalue weighted by Crippen LogP contribution is -2.43. The van der Waals surface area contributed by atoms with Crippen molar-refractivity contribution in [1.29, 1.82) is 0 Å². The van der Waals surface area contributed by atoms with E-state index >= 15 is 0 Å². The zero-order valence-corrected chi connectivity index (χ0v) is 16.4. The Balaban J connectivity index is 1.84. The van der Waals surface area contributed by atoms with E-state index in [0.717, 1.165) is 10.5 Å². The smallest absolute Gasteiger partial charge is 0.421 e. The Morgan fingerprint density at radius 2 is 1.86 bits per heavy atom. The molecule has 7 heteroatoms. The van der Waals surface area contributed by atoms with Crippen LogP contribution in [-0.2, 0) is 14.9 Å². The van der Waals surface area contributed by atoms with Crippen LogP contribution in [0.4, 0.5) is 10.5 Å². The third-order valence-corrected chi connectivity index (χ3v) is 4.66. The Hall–Kier alpha value is -3.22. The molecule has 2 aromatic heterocycles. The lowest BCUT2D eigenvalue weighted by Gasteiger charge is -2.24. The van der Waals surface area contributed by atoms with Crippen molar-refractivity contribution >= 4 is 28.8 Å². The lowest BCUT2D eigenvalue weighted by molar-refractivity contribution is -0.121. The van der Waals surface area contributed by atoms with Crippen molar-refractivity contribution in [3.8, 4) is 11.5 Å². The van der Waals surface area contributed by atoms with Gasteiger partial charge in [0, 0.05) is 24.0 Å². The van der Waals surface area contributed by atoms with Crippen LogP contribution >= 0.6 is 0 Å². The molecule has 1 aromatic carbocycles. The Morgan fingerprint density at radius 3 is 2.50 bits per heavy atom. The normalized spacial score (nSPS) is 15.8. The molecule has 0 N–H and O–H groups in total. The monoisotopic (exact) mass is 379 g/mol. The molecule has 0 bridgehead atoms. The number of fused-ring (bicyclic) bond motifs is 2. The zero-order valence-electron chi connectivity index (χ0n) is 16.4. The van der Waals surface area contributed by atoms with Crippen LogP contribution in [0.15, 0.2) is 41.1 Å². The molecule has 0 saturated carbocycles. The first-order valence-electron chi connectivity index (χ1n) is 9.01. The topological polar surface area (TPSA) is 85.5 Å². The molecule has 144 valence electrons. The Kier molecular flexibility index (Phi) is 3.82. The molecule has 28 heavy (non-hydrogen) atoms. The van der Waals surface area contributed by atoms with Gasteiger partial charge in [-0.2, -0.15) is 0 Å². The summed E-state index contributed by atoms with van der Waals surface area (Å²) in [5.41, 5.74) is 1.50. The van der Waals surface area contributed by atoms with E-state index < -0.39 is 17.1 Å². The Labute approximate surface area is 162 Å². The largest absolute Gasteiger partial charge is 0.443 e. The SMILES string of the molecule is CC(C)(C)OC(=O)N1C(=O)C(C)(C)c2cc3nc(-c4ccncc4)oc3cc21. The minimum atomic E-state index is -0.879.